The summed E-state index contributed by atoms with van der Waals surface area (Å²) in [5.74, 6) is 0.413. The minimum atomic E-state index is -2.55. The maximum Gasteiger partial charge on any atom is 0.501 e. The normalized spacial score (nSPS) is 15.5. The topological polar surface area (TPSA) is 53.7 Å². The van der Waals surface area contributed by atoms with Crippen LogP contribution >= 0.6 is 0 Å². The molecule has 0 radical (unpaired) electrons. The highest BCUT2D eigenvalue weighted by atomic mass is 28.4. The van der Waals surface area contributed by atoms with Crippen LogP contribution in [0, 0.1) is 5.92 Å². The summed E-state index contributed by atoms with van der Waals surface area (Å²) in [6.45, 7) is 12.1. The van der Waals surface area contributed by atoms with Gasteiger partial charge in [-0.1, -0.05) is 19.8 Å². The second-order valence-electron chi connectivity index (χ2n) is 4.95. The van der Waals surface area contributed by atoms with E-state index in [1.54, 1.807) is 0 Å². The number of unbranched alkanes of at least 4 members (excludes halogenated alkanes) is 1. The molecule has 0 aliphatic rings. The lowest BCUT2D eigenvalue weighted by Gasteiger charge is -2.33. The van der Waals surface area contributed by atoms with E-state index in [4.69, 9.17) is 19.0 Å². The van der Waals surface area contributed by atoms with Crippen molar-refractivity contribution in [2.24, 2.45) is 11.7 Å². The van der Waals surface area contributed by atoms with Gasteiger partial charge < -0.3 is 19.0 Å². The minimum Gasteiger partial charge on any atom is -0.374 e. The van der Waals surface area contributed by atoms with E-state index in [0.717, 1.165) is 12.5 Å². The Hall–Kier alpha value is 0.0569. The molecule has 0 aromatic carbocycles. The van der Waals surface area contributed by atoms with Gasteiger partial charge in [-0.25, -0.2) is 0 Å². The number of hydrogen-bond donors (Lipinski definition) is 1. The van der Waals surface area contributed by atoms with Crippen molar-refractivity contribution in [3.63, 3.8) is 0 Å². The molecule has 0 aliphatic heterocycles. The Labute approximate surface area is 120 Å². The summed E-state index contributed by atoms with van der Waals surface area (Å²) >= 11 is 0. The standard InChI is InChI=1S/C14H33NO3Si/c1-6-10-11-14(13(5)15)12-19(16-7-2,17-8-3)18-9-4/h13-14H,6-12,15H2,1-5H3. The maximum absolute atomic E-state index is 6.13. The van der Waals surface area contributed by atoms with Crippen LogP contribution in [-0.4, -0.2) is 34.7 Å². The Morgan fingerprint density at radius 3 is 1.74 bits per heavy atom. The molecule has 0 aromatic rings. The molecular formula is C14H33NO3Si. The van der Waals surface area contributed by atoms with E-state index in [1.807, 2.05) is 20.8 Å². The van der Waals surface area contributed by atoms with Gasteiger partial charge in [0.2, 0.25) is 0 Å². The Morgan fingerprint density at radius 1 is 0.947 bits per heavy atom. The van der Waals surface area contributed by atoms with E-state index in [2.05, 4.69) is 13.8 Å². The van der Waals surface area contributed by atoms with Crippen LogP contribution in [0.2, 0.25) is 6.04 Å². The van der Waals surface area contributed by atoms with Crippen LogP contribution in [0.3, 0.4) is 0 Å². The summed E-state index contributed by atoms with van der Waals surface area (Å²) in [7, 11) is -2.55. The van der Waals surface area contributed by atoms with Gasteiger partial charge in [-0.3, -0.25) is 0 Å². The van der Waals surface area contributed by atoms with E-state index in [1.165, 1.54) is 12.8 Å². The van der Waals surface area contributed by atoms with Gasteiger partial charge in [-0.15, -0.1) is 0 Å². The lowest BCUT2D eigenvalue weighted by atomic mass is 9.98. The van der Waals surface area contributed by atoms with E-state index in [9.17, 15) is 0 Å². The summed E-state index contributed by atoms with van der Waals surface area (Å²) in [4.78, 5) is 0. The fraction of sp³-hybridized carbons (Fsp3) is 1.00. The third-order valence-electron chi connectivity index (χ3n) is 3.28. The summed E-state index contributed by atoms with van der Waals surface area (Å²) in [5.41, 5.74) is 6.13. The van der Waals surface area contributed by atoms with Gasteiger partial charge in [-0.05, 0) is 40.0 Å². The zero-order chi connectivity index (χ0) is 14.7. The second kappa shape index (κ2) is 10.8. The molecule has 19 heavy (non-hydrogen) atoms. The Kier molecular flexibility index (Phi) is 10.8. The van der Waals surface area contributed by atoms with Crippen molar-refractivity contribution in [3.05, 3.63) is 0 Å². The largest absolute Gasteiger partial charge is 0.501 e. The van der Waals surface area contributed by atoms with Crippen molar-refractivity contribution in [1.29, 1.82) is 0 Å². The lowest BCUT2D eigenvalue weighted by Crippen LogP contribution is -2.49. The molecule has 0 aromatic heterocycles. The molecule has 0 heterocycles. The molecule has 4 nitrogen and oxygen atoms in total. The summed E-state index contributed by atoms with van der Waals surface area (Å²) in [5, 5.41) is 0. The van der Waals surface area contributed by atoms with Crippen LogP contribution in [0.15, 0.2) is 0 Å². The number of rotatable bonds is 12. The molecule has 0 fully saturated rings. The summed E-state index contributed by atoms with van der Waals surface area (Å²) < 4.78 is 17.7. The second-order valence-corrected chi connectivity index (χ2v) is 7.59. The first-order valence-corrected chi connectivity index (χ1v) is 9.65. The first-order valence-electron chi connectivity index (χ1n) is 7.72. The Morgan fingerprint density at radius 2 is 1.42 bits per heavy atom. The average Bonchev–Trinajstić information content (AvgIpc) is 2.35. The van der Waals surface area contributed by atoms with E-state index >= 15 is 0 Å². The van der Waals surface area contributed by atoms with Gasteiger partial charge in [0.1, 0.15) is 0 Å². The first kappa shape index (κ1) is 19.1. The molecule has 2 unspecified atom stereocenters. The van der Waals surface area contributed by atoms with Crippen molar-refractivity contribution in [2.45, 2.75) is 66.0 Å². The van der Waals surface area contributed by atoms with Crippen LogP contribution in [0.1, 0.15) is 53.9 Å². The fourth-order valence-electron chi connectivity index (χ4n) is 2.30. The summed E-state index contributed by atoms with van der Waals surface area (Å²) in [6.07, 6.45) is 3.51. The van der Waals surface area contributed by atoms with Crippen molar-refractivity contribution in [2.75, 3.05) is 19.8 Å². The molecule has 0 saturated heterocycles. The smallest absolute Gasteiger partial charge is 0.374 e. The lowest BCUT2D eigenvalue weighted by molar-refractivity contribution is 0.0654. The van der Waals surface area contributed by atoms with Crippen LogP contribution in [0.25, 0.3) is 0 Å². The molecular weight excluding hydrogens is 258 g/mol. The first-order chi connectivity index (χ1) is 9.05. The molecule has 2 atom stereocenters. The predicted molar refractivity (Wildman–Crippen MR) is 82.1 cm³/mol. The van der Waals surface area contributed by atoms with Crippen molar-refractivity contribution >= 4 is 8.80 Å². The Bertz CT molecular complexity index is 198. The van der Waals surface area contributed by atoms with Gasteiger partial charge in [0.05, 0.1) is 0 Å². The molecule has 0 rings (SSSR count). The highest BCUT2D eigenvalue weighted by molar-refractivity contribution is 6.60. The third kappa shape index (κ3) is 7.42. The SMILES string of the molecule is CCCCC(C[Si](OCC)(OCC)OCC)C(C)N. The number of hydrogen-bond acceptors (Lipinski definition) is 4. The molecule has 116 valence electrons. The van der Waals surface area contributed by atoms with Crippen LogP contribution in [0.4, 0.5) is 0 Å². The third-order valence-corrected chi connectivity index (χ3v) is 6.49. The van der Waals surface area contributed by atoms with Crippen LogP contribution in [-0.2, 0) is 13.3 Å². The van der Waals surface area contributed by atoms with Crippen LogP contribution < -0.4 is 5.73 Å². The molecule has 5 heteroatoms. The highest BCUT2D eigenvalue weighted by Gasteiger charge is 2.43. The molecule has 0 saturated carbocycles. The zero-order valence-corrected chi connectivity index (χ0v) is 14.4. The molecule has 0 amide bonds. The molecule has 0 spiro atoms. The summed E-state index contributed by atoms with van der Waals surface area (Å²) in [6, 6.07) is 0.986. The average molecular weight is 292 g/mol. The zero-order valence-electron chi connectivity index (χ0n) is 13.4. The molecule has 2 N–H and O–H groups in total. The maximum atomic E-state index is 6.13. The fourth-order valence-corrected chi connectivity index (χ4v) is 5.44. The van der Waals surface area contributed by atoms with Crippen LogP contribution in [0.5, 0.6) is 0 Å². The van der Waals surface area contributed by atoms with Gasteiger partial charge in [0.25, 0.3) is 0 Å². The quantitative estimate of drug-likeness (QED) is 0.561. The van der Waals surface area contributed by atoms with Gasteiger partial charge >= 0.3 is 8.80 Å². The minimum absolute atomic E-state index is 0.153. The van der Waals surface area contributed by atoms with E-state index in [0.29, 0.717) is 25.7 Å². The Balaban J connectivity index is 4.78. The van der Waals surface area contributed by atoms with Gasteiger partial charge in [0, 0.05) is 31.9 Å². The van der Waals surface area contributed by atoms with Crippen molar-refractivity contribution in [3.8, 4) is 0 Å². The molecule has 0 aliphatic carbocycles. The van der Waals surface area contributed by atoms with Gasteiger partial charge in [-0.2, -0.15) is 0 Å². The predicted octanol–water partition coefficient (Wildman–Crippen LogP) is 3.19. The monoisotopic (exact) mass is 291 g/mol. The molecule has 0 bridgehead atoms. The van der Waals surface area contributed by atoms with Crippen molar-refractivity contribution in [1.82, 2.24) is 0 Å². The van der Waals surface area contributed by atoms with Gasteiger partial charge in [0.15, 0.2) is 0 Å². The van der Waals surface area contributed by atoms with Crippen molar-refractivity contribution < 1.29 is 13.3 Å². The highest BCUT2D eigenvalue weighted by Crippen LogP contribution is 2.27. The van der Waals surface area contributed by atoms with E-state index < -0.39 is 8.80 Å². The number of nitrogens with two attached hydrogens (primary N) is 1. The van der Waals surface area contributed by atoms with E-state index in [-0.39, 0.29) is 6.04 Å².